The zero-order chi connectivity index (χ0) is 21.8. The van der Waals surface area contributed by atoms with E-state index in [9.17, 15) is 18.4 Å². The third-order valence-corrected chi connectivity index (χ3v) is 5.14. The quantitative estimate of drug-likeness (QED) is 0.627. The van der Waals surface area contributed by atoms with E-state index < -0.39 is 5.82 Å². The molecule has 3 aromatic carbocycles. The molecule has 158 valence electrons. The van der Waals surface area contributed by atoms with E-state index >= 15 is 0 Å². The van der Waals surface area contributed by atoms with Gasteiger partial charge in [0, 0.05) is 36.6 Å². The molecule has 1 aliphatic heterocycles. The summed E-state index contributed by atoms with van der Waals surface area (Å²) in [7, 11) is 0. The molecule has 1 heterocycles. The van der Waals surface area contributed by atoms with Crippen LogP contribution in [-0.2, 0) is 6.54 Å². The first-order valence-electron chi connectivity index (χ1n) is 9.97. The number of urea groups is 1. The summed E-state index contributed by atoms with van der Waals surface area (Å²) in [5.74, 6) is -1.05. The highest BCUT2D eigenvalue weighted by molar-refractivity contribution is 6.04. The van der Waals surface area contributed by atoms with Crippen molar-refractivity contribution >= 4 is 23.3 Å². The lowest BCUT2D eigenvalue weighted by molar-refractivity contribution is 0.102. The number of hydrogen-bond acceptors (Lipinski definition) is 2. The van der Waals surface area contributed by atoms with Crippen molar-refractivity contribution in [1.29, 1.82) is 0 Å². The first-order valence-corrected chi connectivity index (χ1v) is 9.97. The minimum atomic E-state index is -0.402. The smallest absolute Gasteiger partial charge is 0.322 e. The van der Waals surface area contributed by atoms with Crippen LogP contribution in [0.3, 0.4) is 0 Å². The SMILES string of the molecule is O=C(Nc1ccc(N2CCCN(Cc3ccc(F)cc3)C2=O)cc1)c1ccc(F)cc1. The Kier molecular flexibility index (Phi) is 5.93. The molecule has 3 aromatic rings. The van der Waals surface area contributed by atoms with Gasteiger partial charge in [-0.2, -0.15) is 0 Å². The third-order valence-electron chi connectivity index (χ3n) is 5.14. The van der Waals surface area contributed by atoms with E-state index in [1.165, 1.54) is 36.4 Å². The average molecular weight is 421 g/mol. The van der Waals surface area contributed by atoms with Crippen molar-refractivity contribution in [2.45, 2.75) is 13.0 Å². The maximum absolute atomic E-state index is 13.1. The maximum Gasteiger partial charge on any atom is 0.324 e. The number of anilines is 2. The molecule has 31 heavy (non-hydrogen) atoms. The van der Waals surface area contributed by atoms with Crippen LogP contribution in [0, 0.1) is 11.6 Å². The Bertz CT molecular complexity index is 1070. The summed E-state index contributed by atoms with van der Waals surface area (Å²) in [5.41, 5.74) is 2.53. The molecule has 0 atom stereocenters. The Labute approximate surface area is 178 Å². The number of rotatable bonds is 5. The van der Waals surface area contributed by atoms with Crippen molar-refractivity contribution < 1.29 is 18.4 Å². The lowest BCUT2D eigenvalue weighted by Crippen LogP contribution is -2.49. The van der Waals surface area contributed by atoms with Gasteiger partial charge in [-0.15, -0.1) is 0 Å². The van der Waals surface area contributed by atoms with Crippen LogP contribution in [0.25, 0.3) is 0 Å². The van der Waals surface area contributed by atoms with Crippen LogP contribution in [-0.4, -0.2) is 29.9 Å². The van der Waals surface area contributed by atoms with Gasteiger partial charge < -0.3 is 10.2 Å². The van der Waals surface area contributed by atoms with Gasteiger partial charge in [-0.1, -0.05) is 12.1 Å². The van der Waals surface area contributed by atoms with Crippen LogP contribution in [0.4, 0.5) is 25.0 Å². The summed E-state index contributed by atoms with van der Waals surface area (Å²) in [4.78, 5) is 28.7. The first-order chi connectivity index (χ1) is 15.0. The van der Waals surface area contributed by atoms with Crippen molar-refractivity contribution in [3.05, 3.63) is 95.6 Å². The third kappa shape index (κ3) is 4.88. The second kappa shape index (κ2) is 8.95. The summed E-state index contributed by atoms with van der Waals surface area (Å²) >= 11 is 0. The normalized spacial score (nSPS) is 13.9. The van der Waals surface area contributed by atoms with Gasteiger partial charge >= 0.3 is 6.03 Å². The summed E-state index contributed by atoms with van der Waals surface area (Å²) < 4.78 is 26.1. The molecule has 1 saturated heterocycles. The molecule has 0 unspecified atom stereocenters. The molecule has 1 aliphatic rings. The molecule has 4 rings (SSSR count). The molecule has 5 nitrogen and oxygen atoms in total. The van der Waals surface area contributed by atoms with Crippen LogP contribution in [0.5, 0.6) is 0 Å². The first kappa shape index (κ1) is 20.5. The number of benzene rings is 3. The number of carbonyl (C=O) groups excluding carboxylic acids is 2. The Morgan fingerprint density at radius 2 is 1.45 bits per heavy atom. The highest BCUT2D eigenvalue weighted by Gasteiger charge is 2.26. The monoisotopic (exact) mass is 421 g/mol. The molecule has 3 amide bonds. The van der Waals surface area contributed by atoms with Gasteiger partial charge in [0.25, 0.3) is 5.91 Å². The molecule has 0 radical (unpaired) electrons. The fraction of sp³-hybridized carbons (Fsp3) is 0.167. The number of halogens is 2. The summed E-state index contributed by atoms with van der Waals surface area (Å²) in [5, 5.41) is 2.76. The van der Waals surface area contributed by atoms with Crippen molar-refractivity contribution in [1.82, 2.24) is 4.90 Å². The van der Waals surface area contributed by atoms with Gasteiger partial charge in [0.15, 0.2) is 0 Å². The second-order valence-electron chi connectivity index (χ2n) is 7.34. The molecule has 0 spiro atoms. The minimum absolute atomic E-state index is 0.112. The highest BCUT2D eigenvalue weighted by atomic mass is 19.1. The van der Waals surface area contributed by atoms with Crippen molar-refractivity contribution in [3.8, 4) is 0 Å². The topological polar surface area (TPSA) is 52.7 Å². The fourth-order valence-electron chi connectivity index (χ4n) is 3.51. The molecule has 1 fully saturated rings. The molecular formula is C24H21F2N3O2. The zero-order valence-electron chi connectivity index (χ0n) is 16.7. The fourth-order valence-corrected chi connectivity index (χ4v) is 3.51. The summed E-state index contributed by atoms with van der Waals surface area (Å²) in [6.45, 7) is 1.65. The number of hydrogen-bond donors (Lipinski definition) is 1. The lowest BCUT2D eigenvalue weighted by Gasteiger charge is -2.35. The molecule has 0 aliphatic carbocycles. The largest absolute Gasteiger partial charge is 0.324 e. The van der Waals surface area contributed by atoms with Crippen molar-refractivity contribution in [2.75, 3.05) is 23.3 Å². The van der Waals surface area contributed by atoms with Crippen LogP contribution >= 0.6 is 0 Å². The predicted molar refractivity (Wildman–Crippen MR) is 115 cm³/mol. The number of nitrogens with zero attached hydrogens (tertiary/aromatic N) is 2. The summed E-state index contributed by atoms with van der Waals surface area (Å²) in [6, 6.07) is 18.3. The van der Waals surface area contributed by atoms with E-state index in [-0.39, 0.29) is 17.8 Å². The Morgan fingerprint density at radius 3 is 2.10 bits per heavy atom. The van der Waals surface area contributed by atoms with Crippen LogP contribution in [0.15, 0.2) is 72.8 Å². The maximum atomic E-state index is 13.1. The van der Waals surface area contributed by atoms with Crippen molar-refractivity contribution in [2.24, 2.45) is 0 Å². The zero-order valence-corrected chi connectivity index (χ0v) is 16.7. The molecule has 0 bridgehead atoms. The lowest BCUT2D eigenvalue weighted by atomic mass is 10.1. The van der Waals surface area contributed by atoms with Crippen LogP contribution in [0.1, 0.15) is 22.3 Å². The molecule has 0 saturated carbocycles. The Morgan fingerprint density at radius 1 is 0.839 bits per heavy atom. The van der Waals surface area contributed by atoms with Gasteiger partial charge in [0.2, 0.25) is 0 Å². The van der Waals surface area contributed by atoms with Gasteiger partial charge in [-0.05, 0) is 72.6 Å². The van der Waals surface area contributed by atoms with E-state index in [2.05, 4.69) is 5.32 Å². The van der Waals surface area contributed by atoms with E-state index in [0.29, 0.717) is 30.9 Å². The number of carbonyl (C=O) groups is 2. The number of nitrogens with one attached hydrogen (secondary N) is 1. The molecular weight excluding hydrogens is 400 g/mol. The average Bonchev–Trinajstić information content (AvgIpc) is 2.78. The van der Waals surface area contributed by atoms with E-state index in [4.69, 9.17) is 0 Å². The van der Waals surface area contributed by atoms with Crippen LogP contribution in [0.2, 0.25) is 0 Å². The van der Waals surface area contributed by atoms with Gasteiger partial charge in [0.05, 0.1) is 0 Å². The van der Waals surface area contributed by atoms with Gasteiger partial charge in [-0.3, -0.25) is 9.69 Å². The minimum Gasteiger partial charge on any atom is -0.322 e. The van der Waals surface area contributed by atoms with Crippen LogP contribution < -0.4 is 10.2 Å². The standard InChI is InChI=1S/C24H21F2N3O2/c25-19-6-2-17(3-7-19)16-28-14-1-15-29(24(28)31)22-12-10-21(11-13-22)27-23(30)18-4-8-20(26)9-5-18/h2-13H,1,14-16H2,(H,27,30). The molecule has 0 aromatic heterocycles. The van der Waals surface area contributed by atoms with Crippen molar-refractivity contribution in [3.63, 3.8) is 0 Å². The second-order valence-corrected chi connectivity index (χ2v) is 7.34. The molecule has 7 heteroatoms. The van der Waals surface area contributed by atoms with Gasteiger partial charge in [-0.25, -0.2) is 13.6 Å². The Balaban J connectivity index is 1.41. The predicted octanol–water partition coefficient (Wildman–Crippen LogP) is 5.05. The Hall–Kier alpha value is -3.74. The van der Waals surface area contributed by atoms with E-state index in [1.54, 1.807) is 46.2 Å². The summed E-state index contributed by atoms with van der Waals surface area (Å²) in [6.07, 6.45) is 0.815. The van der Waals surface area contributed by atoms with E-state index in [1.807, 2.05) is 0 Å². The highest BCUT2D eigenvalue weighted by Crippen LogP contribution is 2.23. The molecule has 1 N–H and O–H groups in total. The van der Waals surface area contributed by atoms with E-state index in [0.717, 1.165) is 17.7 Å². The number of amides is 3. The van der Waals surface area contributed by atoms with Gasteiger partial charge in [0.1, 0.15) is 11.6 Å².